The van der Waals surface area contributed by atoms with E-state index in [1.807, 2.05) is 38.2 Å². The number of benzene rings is 1. The van der Waals surface area contributed by atoms with Crippen LogP contribution in [0.25, 0.3) is 0 Å². The molecule has 1 aromatic carbocycles. The van der Waals surface area contributed by atoms with Gasteiger partial charge in [0.1, 0.15) is 0 Å². The highest BCUT2D eigenvalue weighted by atomic mass is 35.5. The van der Waals surface area contributed by atoms with Crippen LogP contribution in [0.15, 0.2) is 24.3 Å². The molecular weight excluding hydrogens is 272 g/mol. The molecule has 1 aromatic rings. The number of hydrogen-bond donors (Lipinski definition) is 1. The van der Waals surface area contributed by atoms with Crippen molar-refractivity contribution < 1.29 is 4.79 Å². The minimum atomic E-state index is -0.0349. The summed E-state index contributed by atoms with van der Waals surface area (Å²) in [5.41, 5.74) is 0.982. The second-order valence-electron chi connectivity index (χ2n) is 5.59. The number of urea groups is 1. The first-order valence-electron chi connectivity index (χ1n) is 7.37. The SMILES string of the molecule is CC(c1ccccc1Cl)N(C)C(=O)NC1CCCCC1. The van der Waals surface area contributed by atoms with Gasteiger partial charge in [0.25, 0.3) is 0 Å². The summed E-state index contributed by atoms with van der Waals surface area (Å²) in [4.78, 5) is 14.0. The highest BCUT2D eigenvalue weighted by Crippen LogP contribution is 2.26. The molecule has 0 spiro atoms. The summed E-state index contributed by atoms with van der Waals surface area (Å²) in [6.07, 6.45) is 5.92. The number of carbonyl (C=O) groups excluding carboxylic acids is 1. The number of nitrogens with one attached hydrogen (secondary N) is 1. The van der Waals surface area contributed by atoms with Crippen molar-refractivity contribution in [1.29, 1.82) is 0 Å². The first-order chi connectivity index (χ1) is 9.59. The minimum absolute atomic E-state index is 0.00989. The van der Waals surface area contributed by atoms with Crippen molar-refractivity contribution in [3.63, 3.8) is 0 Å². The van der Waals surface area contributed by atoms with Crippen LogP contribution in [0.4, 0.5) is 4.79 Å². The molecule has 0 aliphatic heterocycles. The summed E-state index contributed by atoms with van der Waals surface area (Å²) in [5.74, 6) is 0. The van der Waals surface area contributed by atoms with E-state index in [9.17, 15) is 4.79 Å². The van der Waals surface area contributed by atoms with Gasteiger partial charge in [0, 0.05) is 18.1 Å². The molecule has 1 saturated carbocycles. The Morgan fingerprint density at radius 2 is 1.95 bits per heavy atom. The van der Waals surface area contributed by atoms with E-state index in [4.69, 9.17) is 11.6 Å². The smallest absolute Gasteiger partial charge is 0.317 e. The van der Waals surface area contributed by atoms with Gasteiger partial charge in [-0.3, -0.25) is 0 Å². The Balaban J connectivity index is 1.97. The van der Waals surface area contributed by atoms with Gasteiger partial charge in [-0.05, 0) is 31.4 Å². The van der Waals surface area contributed by atoms with E-state index in [1.165, 1.54) is 19.3 Å². The molecule has 1 fully saturated rings. The second kappa shape index (κ2) is 6.98. The standard InChI is InChI=1S/C16H23ClN2O/c1-12(14-10-6-7-11-15(14)17)19(2)16(20)18-13-8-4-3-5-9-13/h6-7,10-13H,3-5,8-9H2,1-2H3,(H,18,20). The Bertz CT molecular complexity index is 458. The van der Waals surface area contributed by atoms with Gasteiger partial charge in [-0.15, -0.1) is 0 Å². The molecule has 2 rings (SSSR count). The van der Waals surface area contributed by atoms with E-state index in [2.05, 4.69) is 5.32 Å². The topological polar surface area (TPSA) is 32.3 Å². The first-order valence-corrected chi connectivity index (χ1v) is 7.75. The largest absolute Gasteiger partial charge is 0.335 e. The fourth-order valence-electron chi connectivity index (χ4n) is 2.72. The molecule has 1 unspecified atom stereocenters. The van der Waals surface area contributed by atoms with Crippen molar-refractivity contribution in [2.75, 3.05) is 7.05 Å². The zero-order chi connectivity index (χ0) is 14.5. The van der Waals surface area contributed by atoms with E-state index < -0.39 is 0 Å². The molecule has 1 aliphatic rings. The number of nitrogens with zero attached hydrogens (tertiary/aromatic N) is 1. The number of amides is 2. The predicted molar refractivity (Wildman–Crippen MR) is 83.0 cm³/mol. The van der Waals surface area contributed by atoms with Crippen molar-refractivity contribution >= 4 is 17.6 Å². The van der Waals surface area contributed by atoms with Gasteiger partial charge in [0.2, 0.25) is 0 Å². The van der Waals surface area contributed by atoms with Crippen molar-refractivity contribution in [1.82, 2.24) is 10.2 Å². The Morgan fingerprint density at radius 1 is 1.30 bits per heavy atom. The van der Waals surface area contributed by atoms with Crippen LogP contribution in [0.5, 0.6) is 0 Å². The van der Waals surface area contributed by atoms with Gasteiger partial charge in [-0.25, -0.2) is 4.79 Å². The van der Waals surface area contributed by atoms with Crippen LogP contribution in [0.2, 0.25) is 5.02 Å². The van der Waals surface area contributed by atoms with Crippen LogP contribution in [0.1, 0.15) is 50.6 Å². The van der Waals surface area contributed by atoms with E-state index >= 15 is 0 Å². The van der Waals surface area contributed by atoms with Crippen molar-refractivity contribution in [2.24, 2.45) is 0 Å². The van der Waals surface area contributed by atoms with Gasteiger partial charge >= 0.3 is 6.03 Å². The van der Waals surface area contributed by atoms with Crippen LogP contribution in [-0.4, -0.2) is 24.0 Å². The van der Waals surface area contributed by atoms with Crippen molar-refractivity contribution in [3.8, 4) is 0 Å². The molecule has 0 saturated heterocycles. The average Bonchev–Trinajstić information content (AvgIpc) is 2.47. The number of hydrogen-bond acceptors (Lipinski definition) is 1. The van der Waals surface area contributed by atoms with E-state index in [-0.39, 0.29) is 12.1 Å². The molecule has 4 heteroatoms. The van der Waals surface area contributed by atoms with E-state index in [1.54, 1.807) is 4.90 Å². The molecule has 20 heavy (non-hydrogen) atoms. The molecule has 0 heterocycles. The summed E-state index contributed by atoms with van der Waals surface area (Å²) in [5, 5.41) is 3.84. The van der Waals surface area contributed by atoms with Crippen LogP contribution >= 0.6 is 11.6 Å². The van der Waals surface area contributed by atoms with Gasteiger partial charge in [0.05, 0.1) is 6.04 Å². The maximum Gasteiger partial charge on any atom is 0.317 e. The molecule has 0 aromatic heterocycles. The van der Waals surface area contributed by atoms with Gasteiger partial charge < -0.3 is 10.2 Å². The maximum atomic E-state index is 12.3. The Hall–Kier alpha value is -1.22. The zero-order valence-corrected chi connectivity index (χ0v) is 13.0. The van der Waals surface area contributed by atoms with Crippen LogP contribution < -0.4 is 5.32 Å². The van der Waals surface area contributed by atoms with Crippen molar-refractivity contribution in [2.45, 2.75) is 51.1 Å². The maximum absolute atomic E-state index is 12.3. The normalized spacial score (nSPS) is 17.6. The van der Waals surface area contributed by atoms with Crippen LogP contribution in [-0.2, 0) is 0 Å². The van der Waals surface area contributed by atoms with Crippen LogP contribution in [0, 0.1) is 0 Å². The summed E-state index contributed by atoms with van der Waals surface area (Å²) in [6.45, 7) is 2.00. The molecule has 110 valence electrons. The molecule has 1 N–H and O–H groups in total. The third-order valence-electron chi connectivity index (χ3n) is 4.19. The monoisotopic (exact) mass is 294 g/mol. The lowest BCUT2D eigenvalue weighted by atomic mass is 9.96. The average molecular weight is 295 g/mol. The predicted octanol–water partition coefficient (Wildman–Crippen LogP) is 4.38. The summed E-state index contributed by atoms with van der Waals surface area (Å²) < 4.78 is 0. The number of halogens is 1. The van der Waals surface area contributed by atoms with Gasteiger partial charge in [-0.1, -0.05) is 49.1 Å². The fraction of sp³-hybridized carbons (Fsp3) is 0.562. The third-order valence-corrected chi connectivity index (χ3v) is 4.53. The molecule has 3 nitrogen and oxygen atoms in total. The minimum Gasteiger partial charge on any atom is -0.335 e. The summed E-state index contributed by atoms with van der Waals surface area (Å²) >= 11 is 6.20. The lowest BCUT2D eigenvalue weighted by Crippen LogP contribution is -2.44. The number of rotatable bonds is 3. The van der Waals surface area contributed by atoms with E-state index in [0.717, 1.165) is 18.4 Å². The van der Waals surface area contributed by atoms with Gasteiger partial charge in [0.15, 0.2) is 0 Å². The first kappa shape index (κ1) is 15.2. The molecule has 2 amide bonds. The Morgan fingerprint density at radius 3 is 2.60 bits per heavy atom. The summed E-state index contributed by atoms with van der Waals surface area (Å²) in [7, 11) is 1.83. The lowest BCUT2D eigenvalue weighted by Gasteiger charge is -2.30. The Kier molecular flexibility index (Phi) is 5.30. The number of carbonyl (C=O) groups is 1. The quantitative estimate of drug-likeness (QED) is 0.882. The van der Waals surface area contributed by atoms with Crippen molar-refractivity contribution in [3.05, 3.63) is 34.9 Å². The van der Waals surface area contributed by atoms with E-state index in [0.29, 0.717) is 11.1 Å². The highest BCUT2D eigenvalue weighted by molar-refractivity contribution is 6.31. The molecule has 0 bridgehead atoms. The molecule has 0 radical (unpaired) electrons. The third kappa shape index (κ3) is 3.66. The highest BCUT2D eigenvalue weighted by Gasteiger charge is 2.22. The van der Waals surface area contributed by atoms with Gasteiger partial charge in [-0.2, -0.15) is 0 Å². The second-order valence-corrected chi connectivity index (χ2v) is 6.00. The molecule has 1 aliphatic carbocycles. The Labute approximate surface area is 126 Å². The fourth-order valence-corrected chi connectivity index (χ4v) is 3.02. The molecular formula is C16H23ClN2O. The zero-order valence-electron chi connectivity index (χ0n) is 12.2. The summed E-state index contributed by atoms with van der Waals surface area (Å²) in [6, 6.07) is 7.97. The lowest BCUT2D eigenvalue weighted by molar-refractivity contribution is 0.186. The van der Waals surface area contributed by atoms with Crippen LogP contribution in [0.3, 0.4) is 0 Å². The molecule has 1 atom stereocenters.